The van der Waals surface area contributed by atoms with Gasteiger partial charge in [-0.1, -0.05) is 0 Å². The topological polar surface area (TPSA) is 101 Å². The molecule has 0 unspecified atom stereocenters. The smallest absolute Gasteiger partial charge is 0.273 e. The number of hydrogen-bond donors (Lipinski definition) is 1. The van der Waals surface area contributed by atoms with E-state index in [9.17, 15) is 14.4 Å². The summed E-state index contributed by atoms with van der Waals surface area (Å²) in [4.78, 5) is 44.2. The number of benzene rings is 1. The molecule has 1 aliphatic rings. The number of methoxy groups -OCH3 is 2. The molecule has 2 heterocycles. The summed E-state index contributed by atoms with van der Waals surface area (Å²) in [5, 5.41) is 4.63. The lowest BCUT2D eigenvalue weighted by Gasteiger charge is -2.33. The fraction of sp³-hybridized carbons (Fsp3) is 0.368. The van der Waals surface area contributed by atoms with E-state index in [0.29, 0.717) is 48.4 Å². The molecular formula is C19H22N4O5S. The number of rotatable bonds is 5. The van der Waals surface area contributed by atoms with Crippen molar-refractivity contribution in [3.63, 3.8) is 0 Å². The van der Waals surface area contributed by atoms with Gasteiger partial charge in [-0.05, 0) is 12.1 Å². The number of hydrogen-bond acceptors (Lipinski definition) is 7. The quantitative estimate of drug-likeness (QED) is 0.793. The molecule has 1 saturated heterocycles. The molecule has 0 radical (unpaired) electrons. The van der Waals surface area contributed by atoms with E-state index in [1.165, 1.54) is 32.5 Å². The molecular weight excluding hydrogens is 396 g/mol. The second-order valence-electron chi connectivity index (χ2n) is 6.39. The van der Waals surface area contributed by atoms with Crippen molar-refractivity contribution in [3.8, 4) is 11.5 Å². The summed E-state index contributed by atoms with van der Waals surface area (Å²) in [6.07, 6.45) is 0. The molecule has 9 nitrogen and oxygen atoms in total. The molecule has 10 heteroatoms. The minimum absolute atomic E-state index is 0.00456. The summed E-state index contributed by atoms with van der Waals surface area (Å²) in [5.41, 5.74) is 0.620. The van der Waals surface area contributed by atoms with Crippen molar-refractivity contribution in [2.24, 2.45) is 0 Å². The van der Waals surface area contributed by atoms with Gasteiger partial charge in [-0.15, -0.1) is 11.3 Å². The van der Waals surface area contributed by atoms with Gasteiger partial charge in [0.15, 0.2) is 5.13 Å². The third-order valence-electron chi connectivity index (χ3n) is 4.57. The predicted molar refractivity (Wildman–Crippen MR) is 108 cm³/mol. The van der Waals surface area contributed by atoms with Crippen LogP contribution in [0.2, 0.25) is 0 Å². The predicted octanol–water partition coefficient (Wildman–Crippen LogP) is 1.72. The van der Waals surface area contributed by atoms with Crippen LogP contribution in [-0.2, 0) is 4.79 Å². The third-order valence-corrected chi connectivity index (χ3v) is 5.33. The number of nitrogens with one attached hydrogen (secondary N) is 1. The molecule has 1 aromatic carbocycles. The molecule has 0 spiro atoms. The van der Waals surface area contributed by atoms with E-state index in [4.69, 9.17) is 9.47 Å². The minimum Gasteiger partial charge on any atom is -0.497 e. The Morgan fingerprint density at radius 3 is 2.14 bits per heavy atom. The van der Waals surface area contributed by atoms with E-state index in [1.807, 2.05) is 0 Å². The second kappa shape index (κ2) is 8.91. The van der Waals surface area contributed by atoms with Crippen molar-refractivity contribution in [1.82, 2.24) is 14.8 Å². The van der Waals surface area contributed by atoms with Gasteiger partial charge >= 0.3 is 0 Å². The first-order chi connectivity index (χ1) is 13.9. The molecule has 0 saturated carbocycles. The molecule has 3 amide bonds. The van der Waals surface area contributed by atoms with Crippen LogP contribution in [0.3, 0.4) is 0 Å². The van der Waals surface area contributed by atoms with Crippen molar-refractivity contribution < 1.29 is 23.9 Å². The van der Waals surface area contributed by atoms with E-state index in [-0.39, 0.29) is 23.4 Å². The first-order valence-corrected chi connectivity index (χ1v) is 9.84. The van der Waals surface area contributed by atoms with Crippen LogP contribution < -0.4 is 14.8 Å². The molecule has 1 aliphatic heterocycles. The molecule has 2 aromatic rings. The van der Waals surface area contributed by atoms with Crippen molar-refractivity contribution in [2.45, 2.75) is 6.92 Å². The zero-order valence-electron chi connectivity index (χ0n) is 16.4. The normalized spacial score (nSPS) is 13.8. The van der Waals surface area contributed by atoms with Gasteiger partial charge in [0.25, 0.3) is 11.8 Å². The Morgan fingerprint density at radius 2 is 1.59 bits per heavy atom. The molecule has 1 aromatic heterocycles. The number of aromatic nitrogens is 1. The number of thiazole rings is 1. The Bertz CT molecular complexity index is 899. The molecule has 0 atom stereocenters. The Labute approximate surface area is 172 Å². The average Bonchev–Trinajstić information content (AvgIpc) is 3.21. The molecule has 0 bridgehead atoms. The molecule has 1 N–H and O–H groups in total. The number of nitrogens with zero attached hydrogens (tertiary/aromatic N) is 3. The van der Waals surface area contributed by atoms with Gasteiger partial charge in [-0.25, -0.2) is 4.98 Å². The Balaban J connectivity index is 1.65. The maximum absolute atomic E-state index is 12.6. The zero-order valence-corrected chi connectivity index (χ0v) is 17.2. The number of anilines is 1. The number of amides is 3. The third kappa shape index (κ3) is 4.83. The van der Waals surface area contributed by atoms with Gasteiger partial charge in [0.2, 0.25) is 5.91 Å². The van der Waals surface area contributed by atoms with Crippen molar-refractivity contribution >= 4 is 34.2 Å². The van der Waals surface area contributed by atoms with Gasteiger partial charge in [0.1, 0.15) is 17.2 Å². The average molecular weight is 418 g/mol. The van der Waals surface area contributed by atoms with Gasteiger partial charge in [-0.2, -0.15) is 0 Å². The summed E-state index contributed by atoms with van der Waals surface area (Å²) in [6, 6.07) is 4.85. The van der Waals surface area contributed by atoms with Crippen LogP contribution in [0.15, 0.2) is 23.6 Å². The van der Waals surface area contributed by atoms with E-state index in [2.05, 4.69) is 10.3 Å². The van der Waals surface area contributed by atoms with Crippen LogP contribution in [-0.4, -0.2) is 72.9 Å². The van der Waals surface area contributed by atoms with Gasteiger partial charge in [-0.3, -0.25) is 19.7 Å². The summed E-state index contributed by atoms with van der Waals surface area (Å²) < 4.78 is 10.4. The molecule has 1 fully saturated rings. The Kier molecular flexibility index (Phi) is 6.32. The van der Waals surface area contributed by atoms with E-state index < -0.39 is 0 Å². The maximum Gasteiger partial charge on any atom is 0.273 e. The standard InChI is InChI=1S/C19H22N4O5S/c1-12(24)22-4-6-23(7-5-22)18(26)16-11-29-19(20-16)21-17(25)13-8-14(27-2)10-15(9-13)28-3/h8-11H,4-7H2,1-3H3,(H,20,21,25). The molecule has 3 rings (SSSR count). The lowest BCUT2D eigenvalue weighted by atomic mass is 10.2. The monoisotopic (exact) mass is 418 g/mol. The lowest BCUT2D eigenvalue weighted by Crippen LogP contribution is -2.50. The highest BCUT2D eigenvalue weighted by molar-refractivity contribution is 7.14. The first-order valence-electron chi connectivity index (χ1n) is 8.96. The van der Waals surface area contributed by atoms with E-state index >= 15 is 0 Å². The molecule has 154 valence electrons. The Morgan fingerprint density at radius 1 is 1.00 bits per heavy atom. The van der Waals surface area contributed by atoms with Gasteiger partial charge in [0, 0.05) is 50.1 Å². The first kappa shape index (κ1) is 20.6. The van der Waals surface area contributed by atoms with Crippen LogP contribution in [0.25, 0.3) is 0 Å². The van der Waals surface area contributed by atoms with E-state index in [1.54, 1.807) is 33.4 Å². The Hall–Kier alpha value is -3.14. The number of piperazine rings is 1. The fourth-order valence-electron chi connectivity index (χ4n) is 2.92. The summed E-state index contributed by atoms with van der Waals surface area (Å²) in [7, 11) is 3.01. The summed E-state index contributed by atoms with van der Waals surface area (Å²) in [6.45, 7) is 3.45. The zero-order chi connectivity index (χ0) is 21.0. The SMILES string of the molecule is COc1cc(OC)cc(C(=O)Nc2nc(C(=O)N3CCN(C(C)=O)CC3)cs2)c1. The maximum atomic E-state index is 12.6. The lowest BCUT2D eigenvalue weighted by molar-refractivity contribution is -0.130. The van der Waals surface area contributed by atoms with Crippen molar-refractivity contribution in [1.29, 1.82) is 0 Å². The van der Waals surface area contributed by atoms with Crippen molar-refractivity contribution in [2.75, 3.05) is 45.7 Å². The van der Waals surface area contributed by atoms with Crippen LogP contribution in [0.5, 0.6) is 11.5 Å². The van der Waals surface area contributed by atoms with Crippen molar-refractivity contribution in [3.05, 3.63) is 34.8 Å². The van der Waals surface area contributed by atoms with Crippen LogP contribution in [0.1, 0.15) is 27.8 Å². The second-order valence-corrected chi connectivity index (χ2v) is 7.25. The highest BCUT2D eigenvalue weighted by Gasteiger charge is 2.25. The minimum atomic E-state index is -0.384. The number of carbonyl (C=O) groups is 3. The molecule has 0 aliphatic carbocycles. The largest absolute Gasteiger partial charge is 0.497 e. The van der Waals surface area contributed by atoms with E-state index in [0.717, 1.165) is 0 Å². The molecule has 29 heavy (non-hydrogen) atoms. The van der Waals surface area contributed by atoms with Crippen LogP contribution >= 0.6 is 11.3 Å². The highest BCUT2D eigenvalue weighted by atomic mass is 32.1. The van der Waals surface area contributed by atoms with Gasteiger partial charge < -0.3 is 19.3 Å². The van der Waals surface area contributed by atoms with Crippen LogP contribution in [0.4, 0.5) is 5.13 Å². The number of ether oxygens (including phenoxy) is 2. The van der Waals surface area contributed by atoms with Gasteiger partial charge in [0.05, 0.1) is 14.2 Å². The fourth-order valence-corrected chi connectivity index (χ4v) is 3.60. The number of carbonyl (C=O) groups excluding carboxylic acids is 3. The summed E-state index contributed by atoms with van der Waals surface area (Å²) >= 11 is 1.17. The highest BCUT2D eigenvalue weighted by Crippen LogP contribution is 2.24. The van der Waals surface area contributed by atoms with Crippen LogP contribution in [0, 0.1) is 0 Å². The summed E-state index contributed by atoms with van der Waals surface area (Å²) in [5.74, 6) is 0.395.